The van der Waals surface area contributed by atoms with Crippen molar-refractivity contribution in [2.24, 2.45) is 5.41 Å². The number of carbonyl (C=O) groups excluding carboxylic acids is 1. The van der Waals surface area contributed by atoms with E-state index < -0.39 is 17.3 Å². The molecule has 1 rings (SSSR count). The molecule has 1 aromatic heterocycles. The lowest BCUT2D eigenvalue weighted by Crippen LogP contribution is -2.39. The SMILES string of the molecule is CNC(=O)C(C)(C)CNc1cc(C(F)(F)F)ncc1N. The predicted octanol–water partition coefficient (Wildman–Crippen LogP) is 1.87. The Balaban J connectivity index is 2.91. The number of alkyl halides is 3. The molecule has 0 radical (unpaired) electrons. The van der Waals surface area contributed by atoms with Crippen LogP contribution in [0.1, 0.15) is 19.5 Å². The van der Waals surface area contributed by atoms with Crippen LogP contribution in [0.25, 0.3) is 0 Å². The van der Waals surface area contributed by atoms with Gasteiger partial charge in [0.05, 0.1) is 23.0 Å². The van der Waals surface area contributed by atoms with Gasteiger partial charge in [0, 0.05) is 13.6 Å². The van der Waals surface area contributed by atoms with Crippen molar-refractivity contribution < 1.29 is 18.0 Å². The van der Waals surface area contributed by atoms with Crippen molar-refractivity contribution in [2.45, 2.75) is 20.0 Å². The van der Waals surface area contributed by atoms with Crippen molar-refractivity contribution in [1.82, 2.24) is 10.3 Å². The maximum atomic E-state index is 12.6. The van der Waals surface area contributed by atoms with Crippen LogP contribution in [0, 0.1) is 5.41 Å². The van der Waals surface area contributed by atoms with E-state index in [0.29, 0.717) is 0 Å². The molecule has 0 spiro atoms. The second kappa shape index (κ2) is 5.56. The Hall–Kier alpha value is -1.99. The highest BCUT2D eigenvalue weighted by atomic mass is 19.4. The summed E-state index contributed by atoms with van der Waals surface area (Å²) in [6, 6.07) is 0.829. The number of nitrogens with one attached hydrogen (secondary N) is 2. The molecular formula is C12H17F3N4O. The summed E-state index contributed by atoms with van der Waals surface area (Å²) in [7, 11) is 1.49. The molecule has 1 heterocycles. The molecule has 0 saturated heterocycles. The molecule has 0 aliphatic rings. The van der Waals surface area contributed by atoms with E-state index in [-0.39, 0.29) is 23.8 Å². The first-order valence-corrected chi connectivity index (χ1v) is 5.86. The lowest BCUT2D eigenvalue weighted by Gasteiger charge is -2.24. The first-order chi connectivity index (χ1) is 9.08. The second-order valence-electron chi connectivity index (χ2n) is 4.97. The summed E-state index contributed by atoms with van der Waals surface area (Å²) < 4.78 is 37.7. The van der Waals surface area contributed by atoms with Gasteiger partial charge in [0.1, 0.15) is 5.69 Å². The van der Waals surface area contributed by atoms with Crippen molar-refractivity contribution in [3.8, 4) is 0 Å². The molecule has 0 aliphatic carbocycles. The number of amides is 1. The fraction of sp³-hybridized carbons (Fsp3) is 0.500. The van der Waals surface area contributed by atoms with Gasteiger partial charge in [-0.2, -0.15) is 13.2 Å². The molecule has 4 N–H and O–H groups in total. The van der Waals surface area contributed by atoms with Crippen molar-refractivity contribution in [1.29, 1.82) is 0 Å². The van der Waals surface area contributed by atoms with Gasteiger partial charge in [-0.25, -0.2) is 4.98 Å². The molecule has 0 aromatic carbocycles. The van der Waals surface area contributed by atoms with Crippen LogP contribution < -0.4 is 16.4 Å². The topological polar surface area (TPSA) is 80.0 Å². The first-order valence-electron chi connectivity index (χ1n) is 5.86. The molecule has 0 atom stereocenters. The molecular weight excluding hydrogens is 273 g/mol. The fourth-order valence-electron chi connectivity index (χ4n) is 1.51. The standard InChI is InChI=1S/C12H17F3N4O/c1-11(2,10(20)17-3)6-19-8-4-9(12(13,14)15)18-5-7(8)16/h4-5H,6,16H2,1-3H3,(H,17,20)(H,18,19). The van der Waals surface area contributed by atoms with E-state index in [1.807, 2.05) is 0 Å². The number of nitrogens with two attached hydrogens (primary N) is 1. The molecule has 20 heavy (non-hydrogen) atoms. The van der Waals surface area contributed by atoms with E-state index >= 15 is 0 Å². The van der Waals surface area contributed by atoms with Gasteiger partial charge >= 0.3 is 6.18 Å². The van der Waals surface area contributed by atoms with Crippen molar-refractivity contribution in [2.75, 3.05) is 24.6 Å². The summed E-state index contributed by atoms with van der Waals surface area (Å²) in [5.41, 5.74) is 3.94. The van der Waals surface area contributed by atoms with Gasteiger partial charge in [-0.1, -0.05) is 0 Å². The smallest absolute Gasteiger partial charge is 0.396 e. The molecule has 1 amide bonds. The zero-order valence-corrected chi connectivity index (χ0v) is 11.4. The predicted molar refractivity (Wildman–Crippen MR) is 70.0 cm³/mol. The van der Waals surface area contributed by atoms with E-state index in [2.05, 4.69) is 15.6 Å². The summed E-state index contributed by atoms with van der Waals surface area (Å²) in [5, 5.41) is 5.24. The highest BCUT2D eigenvalue weighted by Crippen LogP contribution is 2.31. The minimum absolute atomic E-state index is 0.0886. The second-order valence-corrected chi connectivity index (χ2v) is 4.97. The Morgan fingerprint density at radius 2 is 2.00 bits per heavy atom. The zero-order valence-electron chi connectivity index (χ0n) is 11.4. The largest absolute Gasteiger partial charge is 0.433 e. The van der Waals surface area contributed by atoms with E-state index in [9.17, 15) is 18.0 Å². The monoisotopic (exact) mass is 290 g/mol. The first kappa shape index (κ1) is 16.1. The maximum Gasteiger partial charge on any atom is 0.433 e. The number of aromatic nitrogens is 1. The molecule has 8 heteroatoms. The molecule has 1 aromatic rings. The van der Waals surface area contributed by atoms with Crippen LogP contribution in [0.5, 0.6) is 0 Å². The van der Waals surface area contributed by atoms with Gasteiger partial charge in [0.25, 0.3) is 0 Å². The van der Waals surface area contributed by atoms with Gasteiger partial charge in [-0.15, -0.1) is 0 Å². The summed E-state index contributed by atoms with van der Waals surface area (Å²) in [6.07, 6.45) is -3.60. The van der Waals surface area contributed by atoms with Crippen LogP contribution in [0.3, 0.4) is 0 Å². The Morgan fingerprint density at radius 3 is 2.50 bits per heavy atom. The number of nitrogen functional groups attached to an aromatic ring is 1. The Bertz CT molecular complexity index is 500. The molecule has 0 bridgehead atoms. The van der Waals surface area contributed by atoms with Gasteiger partial charge in [0.2, 0.25) is 5.91 Å². The van der Waals surface area contributed by atoms with E-state index in [0.717, 1.165) is 12.3 Å². The van der Waals surface area contributed by atoms with E-state index in [1.54, 1.807) is 13.8 Å². The molecule has 0 unspecified atom stereocenters. The van der Waals surface area contributed by atoms with Crippen LogP contribution in [-0.2, 0) is 11.0 Å². The Kier molecular flexibility index (Phi) is 4.46. The molecule has 0 saturated carbocycles. The van der Waals surface area contributed by atoms with Crippen LogP contribution >= 0.6 is 0 Å². The molecule has 0 aliphatic heterocycles. The van der Waals surface area contributed by atoms with Gasteiger partial charge in [0.15, 0.2) is 0 Å². The summed E-state index contributed by atoms with van der Waals surface area (Å²) in [4.78, 5) is 14.8. The average Bonchev–Trinajstić information content (AvgIpc) is 2.35. The number of pyridine rings is 1. The summed E-state index contributed by atoms with van der Waals surface area (Å²) in [5.74, 6) is -0.228. The number of carbonyl (C=O) groups is 1. The van der Waals surface area contributed by atoms with Crippen molar-refractivity contribution >= 4 is 17.3 Å². The Morgan fingerprint density at radius 1 is 1.40 bits per heavy atom. The van der Waals surface area contributed by atoms with E-state index in [1.165, 1.54) is 7.05 Å². The molecule has 112 valence electrons. The Labute approximate surface area is 114 Å². The van der Waals surface area contributed by atoms with Crippen molar-refractivity contribution in [3.05, 3.63) is 18.0 Å². The summed E-state index contributed by atoms with van der Waals surface area (Å²) in [6.45, 7) is 3.47. The number of anilines is 2. The van der Waals surface area contributed by atoms with Gasteiger partial charge < -0.3 is 16.4 Å². The van der Waals surface area contributed by atoms with Gasteiger partial charge in [-0.3, -0.25) is 4.79 Å². The van der Waals surface area contributed by atoms with Crippen LogP contribution in [-0.4, -0.2) is 24.5 Å². The maximum absolute atomic E-state index is 12.6. The van der Waals surface area contributed by atoms with E-state index in [4.69, 9.17) is 5.73 Å². The number of nitrogens with zero attached hydrogens (tertiary/aromatic N) is 1. The third-order valence-corrected chi connectivity index (χ3v) is 2.79. The molecule has 5 nitrogen and oxygen atoms in total. The van der Waals surface area contributed by atoms with Crippen LogP contribution in [0.4, 0.5) is 24.5 Å². The number of rotatable bonds is 4. The quantitative estimate of drug-likeness (QED) is 0.791. The number of hydrogen-bond donors (Lipinski definition) is 3. The summed E-state index contributed by atoms with van der Waals surface area (Å²) >= 11 is 0. The highest BCUT2D eigenvalue weighted by molar-refractivity contribution is 5.82. The third-order valence-electron chi connectivity index (χ3n) is 2.79. The van der Waals surface area contributed by atoms with Crippen molar-refractivity contribution in [3.63, 3.8) is 0 Å². The number of hydrogen-bond acceptors (Lipinski definition) is 4. The zero-order chi connectivity index (χ0) is 15.6. The minimum Gasteiger partial charge on any atom is -0.396 e. The molecule has 0 fully saturated rings. The van der Waals surface area contributed by atoms with Crippen LogP contribution in [0.15, 0.2) is 12.3 Å². The third kappa shape index (κ3) is 3.75. The normalized spacial score (nSPS) is 12.1. The van der Waals surface area contributed by atoms with Crippen LogP contribution in [0.2, 0.25) is 0 Å². The lowest BCUT2D eigenvalue weighted by atomic mass is 9.92. The fourth-order valence-corrected chi connectivity index (χ4v) is 1.51. The lowest BCUT2D eigenvalue weighted by molar-refractivity contribution is -0.141. The number of halogens is 3. The minimum atomic E-state index is -4.54. The highest BCUT2D eigenvalue weighted by Gasteiger charge is 2.33. The average molecular weight is 290 g/mol. The van der Waals surface area contributed by atoms with Gasteiger partial charge in [-0.05, 0) is 19.9 Å².